The Balaban J connectivity index is 1.61. The molecule has 2 heterocycles. The Morgan fingerprint density at radius 3 is 2.66 bits per heavy atom. The molecule has 0 unspecified atom stereocenters. The van der Waals surface area contributed by atoms with Crippen molar-refractivity contribution in [2.24, 2.45) is 10.2 Å². The van der Waals surface area contributed by atoms with Gasteiger partial charge in [-0.05, 0) is 47.7 Å². The number of nitro benzene ring substituents is 1. The summed E-state index contributed by atoms with van der Waals surface area (Å²) in [4.78, 5) is 25.5. The van der Waals surface area contributed by atoms with Crippen molar-refractivity contribution in [1.29, 1.82) is 0 Å². The molecule has 1 fully saturated rings. The van der Waals surface area contributed by atoms with E-state index in [4.69, 9.17) is 4.42 Å². The zero-order valence-electron chi connectivity index (χ0n) is 16.4. The van der Waals surface area contributed by atoms with E-state index in [1.54, 1.807) is 36.6 Å². The van der Waals surface area contributed by atoms with E-state index >= 15 is 0 Å². The zero-order chi connectivity index (χ0) is 22.5. The van der Waals surface area contributed by atoms with Crippen molar-refractivity contribution in [2.75, 3.05) is 0 Å². The highest BCUT2D eigenvalue weighted by Crippen LogP contribution is 2.34. The molecular formula is C22H15BrN4O4S. The average Bonchev–Trinajstić information content (AvgIpc) is 3.40. The lowest BCUT2D eigenvalue weighted by Gasteiger charge is -2.12. The number of hydrogen-bond donors (Lipinski definition) is 0. The van der Waals surface area contributed by atoms with Crippen LogP contribution in [0.15, 0.2) is 90.9 Å². The van der Waals surface area contributed by atoms with Gasteiger partial charge in [0.25, 0.3) is 11.6 Å². The van der Waals surface area contributed by atoms with Gasteiger partial charge in [0.1, 0.15) is 5.76 Å². The first-order valence-electron chi connectivity index (χ1n) is 9.34. The Morgan fingerprint density at radius 1 is 1.12 bits per heavy atom. The zero-order valence-corrected chi connectivity index (χ0v) is 18.8. The molecule has 10 heteroatoms. The molecular weight excluding hydrogens is 496 g/mol. The van der Waals surface area contributed by atoms with E-state index in [1.807, 2.05) is 24.3 Å². The molecule has 1 aromatic heterocycles. The number of amides is 1. The van der Waals surface area contributed by atoms with Gasteiger partial charge in [-0.1, -0.05) is 40.2 Å². The minimum absolute atomic E-state index is 0.0359. The molecule has 0 atom stereocenters. The number of nitrogens with zero attached hydrogens (tertiary/aromatic N) is 4. The molecule has 3 aromatic rings. The van der Waals surface area contributed by atoms with E-state index in [0.29, 0.717) is 21.4 Å². The lowest BCUT2D eigenvalue weighted by Crippen LogP contribution is -2.28. The summed E-state index contributed by atoms with van der Waals surface area (Å²) in [6.45, 7) is 0.210. The maximum atomic E-state index is 13.0. The molecule has 1 saturated heterocycles. The lowest BCUT2D eigenvalue weighted by molar-refractivity contribution is -0.384. The van der Waals surface area contributed by atoms with Crippen LogP contribution in [0.1, 0.15) is 16.9 Å². The molecule has 1 amide bonds. The molecule has 0 radical (unpaired) electrons. The van der Waals surface area contributed by atoms with Crippen LogP contribution >= 0.6 is 27.7 Å². The number of thioether (sulfide) groups is 1. The minimum atomic E-state index is -0.473. The maximum absolute atomic E-state index is 13.0. The monoisotopic (exact) mass is 510 g/mol. The third-order valence-electron chi connectivity index (χ3n) is 4.38. The quantitative estimate of drug-likeness (QED) is 0.189. The SMILES string of the molecule is O=C1/C(=C/c2ccc(Br)cc2)S/C(=N/N=C\c2cccc([N+](=O)[O-])c2)N1Cc1ccco1. The van der Waals surface area contributed by atoms with Gasteiger partial charge in [0.05, 0.1) is 28.9 Å². The van der Waals surface area contributed by atoms with Gasteiger partial charge in [-0.3, -0.25) is 19.8 Å². The second-order valence-electron chi connectivity index (χ2n) is 6.61. The number of hydrogen-bond acceptors (Lipinski definition) is 7. The van der Waals surface area contributed by atoms with Crippen LogP contribution in [0.25, 0.3) is 6.08 Å². The van der Waals surface area contributed by atoms with Crippen LogP contribution in [-0.2, 0) is 11.3 Å². The van der Waals surface area contributed by atoms with E-state index < -0.39 is 4.92 Å². The maximum Gasteiger partial charge on any atom is 0.270 e. The summed E-state index contributed by atoms with van der Waals surface area (Å²) in [5.74, 6) is 0.401. The summed E-state index contributed by atoms with van der Waals surface area (Å²) in [6, 6.07) is 17.2. The predicted molar refractivity (Wildman–Crippen MR) is 127 cm³/mol. The molecule has 0 spiro atoms. The first-order valence-corrected chi connectivity index (χ1v) is 11.0. The Morgan fingerprint density at radius 2 is 1.94 bits per heavy atom. The predicted octanol–water partition coefficient (Wildman–Crippen LogP) is 5.46. The summed E-state index contributed by atoms with van der Waals surface area (Å²) in [5, 5.41) is 19.6. The average molecular weight is 511 g/mol. The van der Waals surface area contributed by atoms with Crippen LogP contribution in [-0.4, -0.2) is 27.1 Å². The van der Waals surface area contributed by atoms with Crippen molar-refractivity contribution in [3.05, 3.63) is 103 Å². The summed E-state index contributed by atoms with van der Waals surface area (Å²) in [6.07, 6.45) is 4.74. The number of non-ortho nitro benzene ring substituents is 1. The molecule has 0 saturated carbocycles. The van der Waals surface area contributed by atoms with Crippen LogP contribution in [0.3, 0.4) is 0 Å². The van der Waals surface area contributed by atoms with E-state index in [0.717, 1.165) is 10.0 Å². The van der Waals surface area contributed by atoms with Gasteiger partial charge in [-0.2, -0.15) is 5.10 Å². The third kappa shape index (κ3) is 5.21. The van der Waals surface area contributed by atoms with Gasteiger partial charge in [-0.25, -0.2) is 0 Å². The molecule has 160 valence electrons. The van der Waals surface area contributed by atoms with Gasteiger partial charge in [0.15, 0.2) is 5.17 Å². The first-order chi connectivity index (χ1) is 15.5. The van der Waals surface area contributed by atoms with Gasteiger partial charge >= 0.3 is 0 Å². The van der Waals surface area contributed by atoms with Crippen molar-refractivity contribution in [1.82, 2.24) is 4.90 Å². The number of carbonyl (C=O) groups is 1. The normalized spacial score (nSPS) is 16.5. The van der Waals surface area contributed by atoms with Gasteiger partial charge in [-0.15, -0.1) is 5.10 Å². The fourth-order valence-corrected chi connectivity index (χ4v) is 4.05. The molecule has 0 aliphatic carbocycles. The lowest BCUT2D eigenvalue weighted by atomic mass is 10.2. The number of carbonyl (C=O) groups excluding carboxylic acids is 1. The van der Waals surface area contributed by atoms with Crippen molar-refractivity contribution in [3.8, 4) is 0 Å². The fraction of sp³-hybridized carbons (Fsp3) is 0.0455. The summed E-state index contributed by atoms with van der Waals surface area (Å²) >= 11 is 4.60. The van der Waals surface area contributed by atoms with E-state index in [1.165, 1.54) is 35.0 Å². The number of rotatable bonds is 6. The number of nitro groups is 1. The summed E-state index contributed by atoms with van der Waals surface area (Å²) < 4.78 is 6.33. The van der Waals surface area contributed by atoms with E-state index in [-0.39, 0.29) is 18.1 Å². The van der Waals surface area contributed by atoms with Crippen LogP contribution in [0.4, 0.5) is 5.69 Å². The molecule has 32 heavy (non-hydrogen) atoms. The number of halogens is 1. The largest absolute Gasteiger partial charge is 0.467 e. The standard InChI is InChI=1S/C22H15BrN4O4S/c23-17-8-6-15(7-9-17)12-20-21(28)26(14-19-5-2-10-31-19)22(32-20)25-24-13-16-3-1-4-18(11-16)27(29)30/h1-13H,14H2/b20-12-,24-13-,25-22+. The minimum Gasteiger partial charge on any atom is -0.467 e. The smallest absolute Gasteiger partial charge is 0.270 e. The Bertz CT molecular complexity index is 1240. The van der Waals surface area contributed by atoms with Crippen LogP contribution in [0.2, 0.25) is 0 Å². The molecule has 0 bridgehead atoms. The Kier molecular flexibility index (Phi) is 6.62. The van der Waals surface area contributed by atoms with Crippen molar-refractivity contribution >= 4 is 56.7 Å². The first kappa shape index (κ1) is 21.7. The van der Waals surface area contributed by atoms with Crippen LogP contribution in [0.5, 0.6) is 0 Å². The number of amidine groups is 1. The summed E-state index contributed by atoms with van der Waals surface area (Å²) in [7, 11) is 0. The van der Waals surface area contributed by atoms with Crippen LogP contribution < -0.4 is 0 Å². The van der Waals surface area contributed by atoms with Gasteiger partial charge < -0.3 is 4.42 Å². The van der Waals surface area contributed by atoms with Crippen molar-refractivity contribution < 1.29 is 14.1 Å². The number of furan rings is 1. The molecule has 1 aliphatic heterocycles. The molecule has 1 aliphatic rings. The number of benzene rings is 2. The molecule has 0 N–H and O–H groups in total. The highest BCUT2D eigenvalue weighted by atomic mass is 79.9. The molecule has 2 aromatic carbocycles. The van der Waals surface area contributed by atoms with Crippen molar-refractivity contribution in [3.63, 3.8) is 0 Å². The molecule has 8 nitrogen and oxygen atoms in total. The van der Waals surface area contributed by atoms with Gasteiger partial charge in [0, 0.05) is 22.2 Å². The van der Waals surface area contributed by atoms with E-state index in [9.17, 15) is 14.9 Å². The summed E-state index contributed by atoms with van der Waals surface area (Å²) in [5.41, 5.74) is 1.37. The highest BCUT2D eigenvalue weighted by Gasteiger charge is 2.34. The van der Waals surface area contributed by atoms with Crippen LogP contribution in [0, 0.1) is 10.1 Å². The second kappa shape index (κ2) is 9.75. The topological polar surface area (TPSA) is 101 Å². The van der Waals surface area contributed by atoms with Crippen molar-refractivity contribution in [2.45, 2.75) is 6.54 Å². The van der Waals surface area contributed by atoms with Gasteiger partial charge in [0.2, 0.25) is 0 Å². The highest BCUT2D eigenvalue weighted by molar-refractivity contribution is 9.10. The molecule has 4 rings (SSSR count). The van der Waals surface area contributed by atoms with E-state index in [2.05, 4.69) is 26.1 Å². The third-order valence-corrected chi connectivity index (χ3v) is 5.91. The Labute approximate surface area is 195 Å². The Hall–Kier alpha value is -3.50. The second-order valence-corrected chi connectivity index (χ2v) is 8.54. The fourth-order valence-electron chi connectivity index (χ4n) is 2.85.